The van der Waals surface area contributed by atoms with E-state index in [9.17, 15) is 10.2 Å². The highest BCUT2D eigenvalue weighted by atomic mass is 16.3. The lowest BCUT2D eigenvalue weighted by Crippen LogP contribution is -2.15. The van der Waals surface area contributed by atoms with Crippen LogP contribution in [0.25, 0.3) is 0 Å². The van der Waals surface area contributed by atoms with E-state index < -0.39 is 0 Å². The quantitative estimate of drug-likeness (QED) is 0.778. The van der Waals surface area contributed by atoms with Crippen LogP contribution in [0.2, 0.25) is 0 Å². The first kappa shape index (κ1) is 15.0. The second-order valence-corrected chi connectivity index (χ2v) is 4.77. The molecule has 2 aromatic rings. The van der Waals surface area contributed by atoms with Crippen LogP contribution in [-0.2, 0) is 19.7 Å². The lowest BCUT2D eigenvalue weighted by Gasteiger charge is -2.12. The van der Waals surface area contributed by atoms with Gasteiger partial charge in [0.1, 0.15) is 5.75 Å². The van der Waals surface area contributed by atoms with Gasteiger partial charge < -0.3 is 15.5 Å². The highest BCUT2D eigenvalue weighted by Crippen LogP contribution is 2.23. The van der Waals surface area contributed by atoms with Crippen molar-refractivity contribution < 1.29 is 10.2 Å². The molecule has 1 heterocycles. The van der Waals surface area contributed by atoms with E-state index in [4.69, 9.17) is 5.26 Å². The Hall–Kier alpha value is -2.42. The van der Waals surface area contributed by atoms with Crippen molar-refractivity contribution in [1.82, 2.24) is 10.3 Å². The molecule has 3 N–H and O–H groups in total. The van der Waals surface area contributed by atoms with E-state index in [0.29, 0.717) is 35.5 Å². The first-order chi connectivity index (χ1) is 10.2. The zero-order chi connectivity index (χ0) is 15.2. The van der Waals surface area contributed by atoms with Crippen LogP contribution in [0.5, 0.6) is 5.75 Å². The number of hydrogen-bond donors (Lipinski definition) is 3. The van der Waals surface area contributed by atoms with E-state index in [0.717, 1.165) is 5.56 Å². The van der Waals surface area contributed by atoms with Gasteiger partial charge in [-0.1, -0.05) is 12.1 Å². The third-order valence-electron chi connectivity index (χ3n) is 3.31. The molecule has 5 nitrogen and oxygen atoms in total. The van der Waals surface area contributed by atoms with Gasteiger partial charge >= 0.3 is 0 Å². The fraction of sp³-hybridized carbons (Fsp3) is 0.250. The summed E-state index contributed by atoms with van der Waals surface area (Å²) in [5, 5.41) is 31.3. The van der Waals surface area contributed by atoms with Gasteiger partial charge in [0.15, 0.2) is 0 Å². The van der Waals surface area contributed by atoms with Crippen LogP contribution in [-0.4, -0.2) is 15.2 Å². The summed E-state index contributed by atoms with van der Waals surface area (Å²) in [6.45, 7) is 2.61. The number of aromatic hydroxyl groups is 1. The summed E-state index contributed by atoms with van der Waals surface area (Å²) < 4.78 is 0. The second-order valence-electron chi connectivity index (χ2n) is 4.77. The second kappa shape index (κ2) is 6.84. The van der Waals surface area contributed by atoms with E-state index in [-0.39, 0.29) is 12.4 Å². The van der Waals surface area contributed by atoms with Gasteiger partial charge in [0.2, 0.25) is 0 Å². The molecule has 21 heavy (non-hydrogen) atoms. The number of nitrogens with one attached hydrogen (secondary N) is 1. The lowest BCUT2D eigenvalue weighted by molar-refractivity contribution is 0.278. The van der Waals surface area contributed by atoms with Crippen molar-refractivity contribution in [2.24, 2.45) is 0 Å². The predicted octanol–water partition coefficient (Wildman–Crippen LogP) is 1.75. The number of nitriles is 1. The Morgan fingerprint density at radius 3 is 2.57 bits per heavy atom. The summed E-state index contributed by atoms with van der Waals surface area (Å²) in [5.41, 5.74) is 3.50. The summed E-state index contributed by atoms with van der Waals surface area (Å²) in [5.74, 6) is 0.119. The first-order valence-electron chi connectivity index (χ1n) is 6.62. The molecule has 0 atom stereocenters. The number of hydrogen-bond acceptors (Lipinski definition) is 5. The van der Waals surface area contributed by atoms with Gasteiger partial charge in [-0.3, -0.25) is 4.98 Å². The number of benzene rings is 1. The van der Waals surface area contributed by atoms with Crippen LogP contribution in [0.1, 0.15) is 27.9 Å². The van der Waals surface area contributed by atoms with Crippen molar-refractivity contribution in [3.8, 4) is 11.8 Å². The number of rotatable bonds is 5. The van der Waals surface area contributed by atoms with Crippen molar-refractivity contribution in [2.45, 2.75) is 26.6 Å². The standard InChI is InChI=1S/C16H17N3O2/c1-11-16(21)15(14(10-20)8-19-11)9-18-7-13-4-2-12(6-17)3-5-13/h2-5,8,18,20-21H,7,9-10H2,1H3. The fourth-order valence-electron chi connectivity index (χ4n) is 2.05. The van der Waals surface area contributed by atoms with Gasteiger partial charge in [-0.25, -0.2) is 0 Å². The number of aromatic nitrogens is 1. The molecule has 0 fully saturated rings. The predicted molar refractivity (Wildman–Crippen MR) is 78.3 cm³/mol. The summed E-state index contributed by atoms with van der Waals surface area (Å²) >= 11 is 0. The molecule has 0 aliphatic heterocycles. The van der Waals surface area contributed by atoms with Gasteiger partial charge in [-0.15, -0.1) is 0 Å². The largest absolute Gasteiger partial charge is 0.506 e. The summed E-state index contributed by atoms with van der Waals surface area (Å²) in [6.07, 6.45) is 1.58. The number of pyridine rings is 1. The van der Waals surface area contributed by atoms with E-state index in [2.05, 4.69) is 16.4 Å². The smallest absolute Gasteiger partial charge is 0.141 e. The summed E-state index contributed by atoms with van der Waals surface area (Å²) in [7, 11) is 0. The van der Waals surface area contributed by atoms with Crippen LogP contribution in [0.4, 0.5) is 0 Å². The minimum atomic E-state index is -0.158. The third kappa shape index (κ3) is 3.57. The maximum Gasteiger partial charge on any atom is 0.141 e. The van der Waals surface area contributed by atoms with Crippen LogP contribution in [0, 0.1) is 18.3 Å². The van der Waals surface area contributed by atoms with Gasteiger partial charge in [0, 0.05) is 30.4 Å². The summed E-state index contributed by atoms with van der Waals surface area (Å²) in [6, 6.07) is 9.38. The zero-order valence-corrected chi connectivity index (χ0v) is 11.8. The molecule has 0 bridgehead atoms. The molecule has 0 saturated heterocycles. The number of aliphatic hydroxyl groups excluding tert-OH is 1. The van der Waals surface area contributed by atoms with E-state index in [1.807, 2.05) is 12.1 Å². The SMILES string of the molecule is Cc1ncc(CO)c(CNCc2ccc(C#N)cc2)c1O. The van der Waals surface area contributed by atoms with Crippen LogP contribution in [0.3, 0.4) is 0 Å². The number of aryl methyl sites for hydroxylation is 1. The van der Waals surface area contributed by atoms with Crippen LogP contribution >= 0.6 is 0 Å². The summed E-state index contributed by atoms with van der Waals surface area (Å²) in [4.78, 5) is 4.03. The van der Waals surface area contributed by atoms with Crippen LogP contribution in [0.15, 0.2) is 30.5 Å². The highest BCUT2D eigenvalue weighted by Gasteiger charge is 2.10. The third-order valence-corrected chi connectivity index (χ3v) is 3.31. The van der Waals surface area contributed by atoms with E-state index >= 15 is 0 Å². The maximum absolute atomic E-state index is 10.0. The topological polar surface area (TPSA) is 89.2 Å². The minimum Gasteiger partial charge on any atom is -0.506 e. The van der Waals surface area contributed by atoms with E-state index in [1.165, 1.54) is 0 Å². The first-order valence-corrected chi connectivity index (χ1v) is 6.62. The van der Waals surface area contributed by atoms with Gasteiger partial charge in [-0.2, -0.15) is 5.26 Å². The molecule has 1 aromatic carbocycles. The minimum absolute atomic E-state index is 0.119. The van der Waals surface area contributed by atoms with Crippen molar-refractivity contribution in [3.63, 3.8) is 0 Å². The van der Waals surface area contributed by atoms with Crippen LogP contribution < -0.4 is 5.32 Å². The van der Waals surface area contributed by atoms with Crippen molar-refractivity contribution in [1.29, 1.82) is 5.26 Å². The highest BCUT2D eigenvalue weighted by molar-refractivity contribution is 5.40. The normalized spacial score (nSPS) is 10.3. The van der Waals surface area contributed by atoms with Gasteiger partial charge in [0.05, 0.1) is 23.9 Å². The average molecular weight is 283 g/mol. The molecule has 1 aromatic heterocycles. The maximum atomic E-state index is 10.0. The Morgan fingerprint density at radius 1 is 1.24 bits per heavy atom. The molecule has 0 unspecified atom stereocenters. The Morgan fingerprint density at radius 2 is 1.95 bits per heavy atom. The molecule has 0 radical (unpaired) electrons. The molecule has 0 spiro atoms. The molecular weight excluding hydrogens is 266 g/mol. The Balaban J connectivity index is 2.03. The van der Waals surface area contributed by atoms with Gasteiger partial charge in [-0.05, 0) is 24.6 Å². The Labute approximate surface area is 123 Å². The molecule has 108 valence electrons. The average Bonchev–Trinajstić information content (AvgIpc) is 2.52. The lowest BCUT2D eigenvalue weighted by atomic mass is 10.1. The number of aliphatic hydroxyl groups is 1. The molecule has 0 aliphatic carbocycles. The molecule has 0 amide bonds. The zero-order valence-electron chi connectivity index (χ0n) is 11.8. The monoisotopic (exact) mass is 283 g/mol. The van der Waals surface area contributed by atoms with E-state index in [1.54, 1.807) is 25.3 Å². The number of nitrogens with zero attached hydrogens (tertiary/aromatic N) is 2. The Kier molecular flexibility index (Phi) is 4.88. The van der Waals surface area contributed by atoms with Crippen molar-refractivity contribution >= 4 is 0 Å². The molecule has 0 saturated carbocycles. The molecule has 5 heteroatoms. The molecule has 2 rings (SSSR count). The molecular formula is C16H17N3O2. The van der Waals surface area contributed by atoms with Crippen molar-refractivity contribution in [3.05, 3.63) is 58.4 Å². The van der Waals surface area contributed by atoms with Crippen molar-refractivity contribution in [2.75, 3.05) is 0 Å². The van der Waals surface area contributed by atoms with Gasteiger partial charge in [0.25, 0.3) is 0 Å². The molecule has 0 aliphatic rings. The Bertz CT molecular complexity index is 660. The fourth-order valence-corrected chi connectivity index (χ4v) is 2.05.